The molecule has 3 heteroatoms. The van der Waals surface area contributed by atoms with Crippen LogP contribution < -0.4 is 5.32 Å². The van der Waals surface area contributed by atoms with Gasteiger partial charge in [0.05, 0.1) is 12.5 Å². The number of hydrogen-bond acceptors (Lipinski definition) is 3. The zero-order valence-electron chi connectivity index (χ0n) is 10.8. The Morgan fingerprint density at radius 1 is 1.41 bits per heavy atom. The second-order valence-corrected chi connectivity index (χ2v) is 5.16. The van der Waals surface area contributed by atoms with Gasteiger partial charge in [-0.3, -0.25) is 0 Å². The minimum absolute atomic E-state index is 0.800. The SMILES string of the molecule is CN(CCCNC1CCCC1)Cc1ccoc1. The third-order valence-electron chi connectivity index (χ3n) is 3.54. The summed E-state index contributed by atoms with van der Waals surface area (Å²) < 4.78 is 5.07. The lowest BCUT2D eigenvalue weighted by Crippen LogP contribution is -2.29. The van der Waals surface area contributed by atoms with Crippen molar-refractivity contribution in [1.29, 1.82) is 0 Å². The van der Waals surface area contributed by atoms with Crippen LogP contribution >= 0.6 is 0 Å². The molecule has 17 heavy (non-hydrogen) atoms. The van der Waals surface area contributed by atoms with Crippen molar-refractivity contribution in [2.45, 2.75) is 44.7 Å². The van der Waals surface area contributed by atoms with Crippen LogP contribution in [0.4, 0.5) is 0 Å². The van der Waals surface area contributed by atoms with Crippen molar-refractivity contribution in [2.24, 2.45) is 0 Å². The minimum atomic E-state index is 0.800. The Kier molecular flexibility index (Phi) is 5.08. The van der Waals surface area contributed by atoms with Crippen LogP contribution in [0.5, 0.6) is 0 Å². The summed E-state index contributed by atoms with van der Waals surface area (Å²) in [6.45, 7) is 3.28. The number of rotatable bonds is 7. The highest BCUT2D eigenvalue weighted by Gasteiger charge is 2.13. The van der Waals surface area contributed by atoms with Crippen molar-refractivity contribution in [3.63, 3.8) is 0 Å². The molecular weight excluding hydrogens is 212 g/mol. The first-order valence-corrected chi connectivity index (χ1v) is 6.77. The number of nitrogens with zero attached hydrogens (tertiary/aromatic N) is 1. The monoisotopic (exact) mass is 236 g/mol. The summed E-state index contributed by atoms with van der Waals surface area (Å²) in [5.74, 6) is 0. The first-order valence-electron chi connectivity index (χ1n) is 6.77. The maximum absolute atomic E-state index is 5.07. The van der Waals surface area contributed by atoms with Gasteiger partial charge in [0.2, 0.25) is 0 Å². The first kappa shape index (κ1) is 12.7. The van der Waals surface area contributed by atoms with Gasteiger partial charge in [-0.1, -0.05) is 12.8 Å². The molecule has 1 heterocycles. The van der Waals surface area contributed by atoms with E-state index in [2.05, 4.69) is 17.3 Å². The molecule has 2 rings (SSSR count). The molecule has 96 valence electrons. The van der Waals surface area contributed by atoms with Gasteiger partial charge in [0.15, 0.2) is 0 Å². The molecule has 0 spiro atoms. The summed E-state index contributed by atoms with van der Waals surface area (Å²) in [7, 11) is 2.17. The fourth-order valence-corrected chi connectivity index (χ4v) is 2.56. The average molecular weight is 236 g/mol. The van der Waals surface area contributed by atoms with E-state index in [1.54, 1.807) is 6.26 Å². The molecule has 0 radical (unpaired) electrons. The van der Waals surface area contributed by atoms with Crippen LogP contribution in [-0.2, 0) is 6.54 Å². The highest BCUT2D eigenvalue weighted by molar-refractivity contribution is 5.04. The van der Waals surface area contributed by atoms with E-state index in [9.17, 15) is 0 Å². The van der Waals surface area contributed by atoms with Gasteiger partial charge in [0.25, 0.3) is 0 Å². The normalized spacial score (nSPS) is 17.1. The second-order valence-electron chi connectivity index (χ2n) is 5.16. The minimum Gasteiger partial charge on any atom is -0.472 e. The zero-order chi connectivity index (χ0) is 11.9. The van der Waals surface area contributed by atoms with Crippen LogP contribution in [0.1, 0.15) is 37.7 Å². The van der Waals surface area contributed by atoms with Crippen LogP contribution in [0.2, 0.25) is 0 Å². The van der Waals surface area contributed by atoms with Gasteiger partial charge >= 0.3 is 0 Å². The maximum atomic E-state index is 5.07. The van der Waals surface area contributed by atoms with E-state index in [0.29, 0.717) is 0 Å². The Hall–Kier alpha value is -0.800. The fourth-order valence-electron chi connectivity index (χ4n) is 2.56. The maximum Gasteiger partial charge on any atom is 0.0947 e. The number of hydrogen-bond donors (Lipinski definition) is 1. The first-order chi connectivity index (χ1) is 8.34. The smallest absolute Gasteiger partial charge is 0.0947 e. The van der Waals surface area contributed by atoms with E-state index in [0.717, 1.165) is 25.7 Å². The van der Waals surface area contributed by atoms with Gasteiger partial charge in [0, 0.05) is 18.2 Å². The molecule has 1 aromatic rings. The second kappa shape index (κ2) is 6.82. The topological polar surface area (TPSA) is 28.4 Å². The standard InChI is InChI=1S/C14H24N2O/c1-16(11-13-7-10-17-12-13)9-4-8-15-14-5-2-3-6-14/h7,10,12,14-15H,2-6,8-9,11H2,1H3. The third-order valence-corrected chi connectivity index (χ3v) is 3.54. The zero-order valence-corrected chi connectivity index (χ0v) is 10.8. The number of nitrogens with one attached hydrogen (secondary N) is 1. The van der Waals surface area contributed by atoms with E-state index in [-0.39, 0.29) is 0 Å². The molecule has 0 aromatic carbocycles. The van der Waals surface area contributed by atoms with Gasteiger partial charge < -0.3 is 14.6 Å². The van der Waals surface area contributed by atoms with Crippen molar-refractivity contribution < 1.29 is 4.42 Å². The molecule has 0 bridgehead atoms. The predicted octanol–water partition coefficient (Wildman–Crippen LogP) is 2.63. The predicted molar refractivity (Wildman–Crippen MR) is 69.9 cm³/mol. The Balaban J connectivity index is 1.52. The van der Waals surface area contributed by atoms with Crippen molar-refractivity contribution >= 4 is 0 Å². The summed E-state index contributed by atoms with van der Waals surface area (Å²) in [6, 6.07) is 2.84. The lowest BCUT2D eigenvalue weighted by atomic mass is 10.2. The fraction of sp³-hybridized carbons (Fsp3) is 0.714. The average Bonchev–Trinajstić information content (AvgIpc) is 2.96. The molecule has 1 N–H and O–H groups in total. The van der Waals surface area contributed by atoms with Gasteiger partial charge in [-0.25, -0.2) is 0 Å². The molecular formula is C14H24N2O. The Morgan fingerprint density at radius 3 is 2.94 bits per heavy atom. The largest absolute Gasteiger partial charge is 0.472 e. The molecule has 0 unspecified atom stereocenters. The van der Waals surface area contributed by atoms with Crippen molar-refractivity contribution in [2.75, 3.05) is 20.1 Å². The van der Waals surface area contributed by atoms with Crippen LogP contribution in [-0.4, -0.2) is 31.1 Å². The summed E-state index contributed by atoms with van der Waals surface area (Å²) in [6.07, 6.45) is 10.4. The third kappa shape index (κ3) is 4.52. The van der Waals surface area contributed by atoms with Crippen LogP contribution in [0.3, 0.4) is 0 Å². The molecule has 0 atom stereocenters. The van der Waals surface area contributed by atoms with Crippen molar-refractivity contribution in [1.82, 2.24) is 10.2 Å². The van der Waals surface area contributed by atoms with Gasteiger partial charge in [-0.2, -0.15) is 0 Å². The van der Waals surface area contributed by atoms with E-state index >= 15 is 0 Å². The number of furan rings is 1. The molecule has 1 aromatic heterocycles. The van der Waals surface area contributed by atoms with E-state index in [1.807, 2.05) is 12.3 Å². The molecule has 0 amide bonds. The lowest BCUT2D eigenvalue weighted by Gasteiger charge is -2.17. The van der Waals surface area contributed by atoms with Gasteiger partial charge in [-0.05, 0) is 45.5 Å². The molecule has 1 saturated carbocycles. The van der Waals surface area contributed by atoms with Crippen molar-refractivity contribution in [3.8, 4) is 0 Å². The van der Waals surface area contributed by atoms with E-state index in [4.69, 9.17) is 4.42 Å². The molecule has 1 aliphatic carbocycles. The summed E-state index contributed by atoms with van der Waals surface area (Å²) in [5, 5.41) is 3.65. The quantitative estimate of drug-likeness (QED) is 0.738. The van der Waals surface area contributed by atoms with Crippen molar-refractivity contribution in [3.05, 3.63) is 24.2 Å². The van der Waals surface area contributed by atoms with E-state index in [1.165, 1.54) is 37.7 Å². The molecule has 0 saturated heterocycles. The summed E-state index contributed by atoms with van der Waals surface area (Å²) in [5.41, 5.74) is 1.26. The highest BCUT2D eigenvalue weighted by atomic mass is 16.3. The van der Waals surface area contributed by atoms with Crippen LogP contribution in [0.15, 0.2) is 23.0 Å². The lowest BCUT2D eigenvalue weighted by molar-refractivity contribution is 0.315. The Morgan fingerprint density at radius 2 is 2.24 bits per heavy atom. The summed E-state index contributed by atoms with van der Waals surface area (Å²) in [4.78, 5) is 2.35. The highest BCUT2D eigenvalue weighted by Crippen LogP contribution is 2.17. The molecule has 0 aliphatic heterocycles. The summed E-state index contributed by atoms with van der Waals surface area (Å²) >= 11 is 0. The van der Waals surface area contributed by atoms with Gasteiger partial charge in [-0.15, -0.1) is 0 Å². The molecule has 1 aliphatic rings. The van der Waals surface area contributed by atoms with Gasteiger partial charge in [0.1, 0.15) is 0 Å². The Labute approximate surface area is 104 Å². The molecule has 3 nitrogen and oxygen atoms in total. The van der Waals surface area contributed by atoms with Crippen LogP contribution in [0, 0.1) is 0 Å². The Bertz CT molecular complexity index is 291. The van der Waals surface area contributed by atoms with Crippen LogP contribution in [0.25, 0.3) is 0 Å². The molecule has 1 fully saturated rings. The van der Waals surface area contributed by atoms with E-state index < -0.39 is 0 Å².